The average Bonchev–Trinajstić information content (AvgIpc) is 3.51. The van der Waals surface area contributed by atoms with Crippen molar-refractivity contribution < 1.29 is 14.4 Å². The van der Waals surface area contributed by atoms with Gasteiger partial charge in [-0.15, -0.1) is 0 Å². The maximum atomic E-state index is 12.9. The number of hydrogen-bond acceptors (Lipinski definition) is 3. The minimum Gasteiger partial charge on any atom is -0.325 e. The molecule has 1 N–H and O–H groups in total. The van der Waals surface area contributed by atoms with Crippen LogP contribution in [-0.2, 0) is 14.4 Å². The molecule has 5 nitrogen and oxygen atoms in total. The number of anilines is 1. The second-order valence-corrected chi connectivity index (χ2v) is 9.73. The van der Waals surface area contributed by atoms with Crippen molar-refractivity contribution in [1.29, 1.82) is 0 Å². The van der Waals surface area contributed by atoms with Crippen LogP contribution in [0.25, 0.3) is 0 Å². The van der Waals surface area contributed by atoms with Crippen LogP contribution >= 0.6 is 23.2 Å². The fourth-order valence-corrected chi connectivity index (χ4v) is 6.13. The average molecular weight is 447 g/mol. The van der Waals surface area contributed by atoms with Gasteiger partial charge in [-0.05, 0) is 55.1 Å². The Morgan fingerprint density at radius 1 is 1.00 bits per heavy atom. The van der Waals surface area contributed by atoms with E-state index in [2.05, 4.69) is 17.5 Å². The Morgan fingerprint density at radius 2 is 1.67 bits per heavy atom. The van der Waals surface area contributed by atoms with Crippen molar-refractivity contribution in [3.63, 3.8) is 0 Å². The maximum absolute atomic E-state index is 12.9. The van der Waals surface area contributed by atoms with E-state index in [4.69, 9.17) is 23.2 Å². The Hall–Kier alpha value is -1.85. The van der Waals surface area contributed by atoms with E-state index in [0.717, 1.165) is 12.8 Å². The summed E-state index contributed by atoms with van der Waals surface area (Å²) in [6, 6.07) is 5.11. The summed E-state index contributed by atoms with van der Waals surface area (Å²) in [4.78, 5) is 39.5. The molecule has 1 saturated heterocycles. The highest BCUT2D eigenvalue weighted by molar-refractivity contribution is 6.43. The van der Waals surface area contributed by atoms with Gasteiger partial charge in [0.2, 0.25) is 17.7 Å². The molecule has 2 saturated carbocycles. The van der Waals surface area contributed by atoms with Gasteiger partial charge in [0.1, 0.15) is 0 Å². The minimum absolute atomic E-state index is 0.0306. The zero-order chi connectivity index (χ0) is 21.0. The molecule has 3 amide bonds. The number of carbonyl (C=O) groups is 3. The molecule has 1 aliphatic heterocycles. The van der Waals surface area contributed by atoms with Crippen LogP contribution in [0.1, 0.15) is 32.1 Å². The highest BCUT2D eigenvalue weighted by Crippen LogP contribution is 2.65. The Bertz CT molecular complexity index is 910. The third-order valence-electron chi connectivity index (χ3n) is 7.27. The summed E-state index contributed by atoms with van der Waals surface area (Å²) in [6.45, 7) is 0.460. The number of nitrogens with zero attached hydrogens (tertiary/aromatic N) is 1. The first-order valence-electron chi connectivity index (χ1n) is 10.7. The van der Waals surface area contributed by atoms with E-state index >= 15 is 0 Å². The smallest absolute Gasteiger partial charge is 0.233 e. The number of nitrogens with one attached hydrogen (secondary N) is 1. The Labute approximate surface area is 185 Å². The van der Waals surface area contributed by atoms with Gasteiger partial charge < -0.3 is 5.32 Å². The fraction of sp³-hybridized carbons (Fsp3) is 0.522. The van der Waals surface area contributed by atoms with Crippen LogP contribution in [0.5, 0.6) is 0 Å². The molecule has 0 aromatic heterocycles. The SMILES string of the molecule is O=C(CCCCCN1C(=O)C2C3C=CC(C4CC34)C2C1=O)Nc1cccc(Cl)c1Cl. The molecule has 3 fully saturated rings. The van der Waals surface area contributed by atoms with E-state index in [0.29, 0.717) is 47.0 Å². The molecule has 0 spiro atoms. The molecule has 6 atom stereocenters. The largest absolute Gasteiger partial charge is 0.325 e. The highest BCUT2D eigenvalue weighted by atomic mass is 35.5. The second-order valence-electron chi connectivity index (χ2n) is 8.94. The van der Waals surface area contributed by atoms with Crippen LogP contribution in [0.3, 0.4) is 0 Å². The highest BCUT2D eigenvalue weighted by Gasteiger charge is 2.66. The number of rotatable bonds is 7. The van der Waals surface area contributed by atoms with Crippen molar-refractivity contribution in [1.82, 2.24) is 4.90 Å². The normalized spacial score (nSPS) is 32.9. The molecule has 7 heteroatoms. The van der Waals surface area contributed by atoms with Crippen LogP contribution in [-0.4, -0.2) is 29.2 Å². The summed E-state index contributed by atoms with van der Waals surface area (Å²) >= 11 is 12.0. The zero-order valence-corrected chi connectivity index (χ0v) is 18.0. The lowest BCUT2D eigenvalue weighted by molar-refractivity contribution is -0.140. The third-order valence-corrected chi connectivity index (χ3v) is 8.08. The molecule has 0 radical (unpaired) electrons. The van der Waals surface area contributed by atoms with E-state index in [-0.39, 0.29) is 41.4 Å². The standard InChI is InChI=1S/C23H24Cl2N2O3/c24-16-5-4-6-17(21(16)25)26-18(28)7-2-1-3-10-27-22(29)19-12-8-9-13(15-11-14(12)15)20(19)23(27)30/h4-6,8-9,12-15,19-20H,1-3,7,10-11H2,(H,26,28). The lowest BCUT2D eigenvalue weighted by Gasteiger charge is -2.37. The van der Waals surface area contributed by atoms with Crippen molar-refractivity contribution in [2.24, 2.45) is 35.5 Å². The number of unbranched alkanes of at least 4 members (excludes halogenated alkanes) is 2. The Kier molecular flexibility index (Phi) is 5.14. The Balaban J connectivity index is 1.08. The molecule has 30 heavy (non-hydrogen) atoms. The van der Waals surface area contributed by atoms with Gasteiger partial charge in [0.05, 0.1) is 27.6 Å². The van der Waals surface area contributed by atoms with Crippen LogP contribution in [0.2, 0.25) is 10.0 Å². The minimum atomic E-state index is -0.125. The number of halogens is 2. The fourth-order valence-electron chi connectivity index (χ4n) is 5.78. The van der Waals surface area contributed by atoms with Gasteiger partial charge in [-0.2, -0.15) is 0 Å². The van der Waals surface area contributed by atoms with E-state index in [1.54, 1.807) is 18.2 Å². The molecule has 2 bridgehead atoms. The van der Waals surface area contributed by atoms with Crippen LogP contribution in [0.4, 0.5) is 5.69 Å². The molecule has 4 aliphatic carbocycles. The summed E-state index contributed by atoms with van der Waals surface area (Å²) in [5, 5.41) is 3.51. The van der Waals surface area contributed by atoms with Gasteiger partial charge >= 0.3 is 0 Å². The zero-order valence-electron chi connectivity index (χ0n) is 16.5. The number of amides is 3. The first kappa shape index (κ1) is 20.1. The van der Waals surface area contributed by atoms with Gasteiger partial charge in [-0.1, -0.05) is 47.8 Å². The molecule has 1 aromatic carbocycles. The van der Waals surface area contributed by atoms with Gasteiger partial charge in [0.15, 0.2) is 0 Å². The molecule has 6 unspecified atom stereocenters. The van der Waals surface area contributed by atoms with E-state index in [1.165, 1.54) is 11.3 Å². The summed E-state index contributed by atoms with van der Waals surface area (Å²) < 4.78 is 0. The lowest BCUT2D eigenvalue weighted by atomic mass is 9.63. The number of imide groups is 1. The van der Waals surface area contributed by atoms with E-state index in [9.17, 15) is 14.4 Å². The quantitative estimate of drug-likeness (QED) is 0.379. The van der Waals surface area contributed by atoms with Crippen molar-refractivity contribution >= 4 is 46.6 Å². The monoisotopic (exact) mass is 446 g/mol. The van der Waals surface area contributed by atoms with Gasteiger partial charge in [-0.25, -0.2) is 0 Å². The number of allylic oxidation sites excluding steroid dienone is 2. The molecule has 6 rings (SSSR count). The number of likely N-dealkylation sites (tertiary alicyclic amines) is 1. The van der Waals surface area contributed by atoms with Gasteiger partial charge in [0.25, 0.3) is 0 Å². The molecule has 5 aliphatic rings. The Morgan fingerprint density at radius 3 is 2.33 bits per heavy atom. The van der Waals surface area contributed by atoms with Crippen LogP contribution < -0.4 is 5.32 Å². The van der Waals surface area contributed by atoms with E-state index in [1.807, 2.05) is 0 Å². The van der Waals surface area contributed by atoms with Crippen molar-refractivity contribution in [2.75, 3.05) is 11.9 Å². The number of carbonyl (C=O) groups excluding carboxylic acids is 3. The summed E-state index contributed by atoms with van der Waals surface area (Å²) in [5.41, 5.74) is 0.506. The van der Waals surface area contributed by atoms with Crippen molar-refractivity contribution in [3.05, 3.63) is 40.4 Å². The summed E-state index contributed by atoms with van der Waals surface area (Å²) in [6.07, 6.45) is 8.10. The molecule has 158 valence electrons. The lowest BCUT2D eigenvalue weighted by Crippen LogP contribution is -2.40. The maximum Gasteiger partial charge on any atom is 0.233 e. The first-order chi connectivity index (χ1) is 14.5. The second kappa shape index (κ2) is 7.69. The number of hydrogen-bond donors (Lipinski definition) is 1. The third kappa shape index (κ3) is 3.27. The van der Waals surface area contributed by atoms with E-state index < -0.39 is 0 Å². The van der Waals surface area contributed by atoms with Crippen molar-refractivity contribution in [3.8, 4) is 0 Å². The van der Waals surface area contributed by atoms with Crippen LogP contribution in [0, 0.1) is 35.5 Å². The molecular weight excluding hydrogens is 423 g/mol. The molecular formula is C23H24Cl2N2O3. The summed E-state index contributed by atoms with van der Waals surface area (Å²) in [5.74, 6) is 1.50. The number of benzene rings is 1. The summed E-state index contributed by atoms with van der Waals surface area (Å²) in [7, 11) is 0. The molecule has 1 aromatic rings. The predicted octanol–water partition coefficient (Wildman–Crippen LogP) is 4.55. The van der Waals surface area contributed by atoms with Gasteiger partial charge in [-0.3, -0.25) is 19.3 Å². The topological polar surface area (TPSA) is 66.5 Å². The van der Waals surface area contributed by atoms with Crippen molar-refractivity contribution in [2.45, 2.75) is 32.1 Å². The van der Waals surface area contributed by atoms with Gasteiger partial charge in [0, 0.05) is 13.0 Å². The predicted molar refractivity (Wildman–Crippen MR) is 115 cm³/mol. The van der Waals surface area contributed by atoms with Crippen LogP contribution in [0.15, 0.2) is 30.4 Å². The first-order valence-corrected chi connectivity index (χ1v) is 11.5. The molecule has 1 heterocycles.